The number of amides is 1. The third-order valence-electron chi connectivity index (χ3n) is 5.19. The molecule has 7 heteroatoms. The van der Waals surface area contributed by atoms with Crippen molar-refractivity contribution < 1.29 is 9.90 Å². The largest absolute Gasteiger partial charge is 0.508 e. The number of hydrogen-bond donors (Lipinski definition) is 2. The monoisotopic (exact) mass is 365 g/mol. The Hall–Kier alpha value is -1.72. The molecule has 0 bridgehead atoms. The minimum absolute atomic E-state index is 0.00525. The van der Waals surface area contributed by atoms with Gasteiger partial charge >= 0.3 is 0 Å². The SMILES string of the molecule is O=C1CC(c2ccn[nH]2)C[C@@H]2C[C@H](c3c(O)ccc(Cl)c3Cl)CN12. The molecule has 1 aromatic carbocycles. The minimum Gasteiger partial charge on any atom is -0.508 e. The first-order chi connectivity index (χ1) is 11.5. The molecule has 1 amide bonds. The number of aromatic amines is 1. The van der Waals surface area contributed by atoms with Crippen molar-refractivity contribution in [1.82, 2.24) is 15.1 Å². The molecule has 5 nitrogen and oxygen atoms in total. The quantitative estimate of drug-likeness (QED) is 0.852. The Morgan fingerprint density at radius 1 is 1.21 bits per heavy atom. The van der Waals surface area contributed by atoms with Crippen LogP contribution < -0.4 is 0 Å². The van der Waals surface area contributed by atoms with Gasteiger partial charge in [-0.25, -0.2) is 0 Å². The van der Waals surface area contributed by atoms with Crippen LogP contribution in [0.3, 0.4) is 0 Å². The highest BCUT2D eigenvalue weighted by Gasteiger charge is 2.43. The number of benzene rings is 1. The zero-order valence-corrected chi connectivity index (χ0v) is 14.4. The number of phenols is 1. The molecule has 0 aliphatic carbocycles. The van der Waals surface area contributed by atoms with Gasteiger partial charge in [-0.05, 0) is 31.0 Å². The summed E-state index contributed by atoms with van der Waals surface area (Å²) in [5.41, 5.74) is 1.67. The van der Waals surface area contributed by atoms with Gasteiger partial charge in [-0.1, -0.05) is 23.2 Å². The number of aromatic nitrogens is 2. The van der Waals surface area contributed by atoms with Crippen LogP contribution in [0.4, 0.5) is 0 Å². The Morgan fingerprint density at radius 3 is 2.75 bits per heavy atom. The van der Waals surface area contributed by atoms with Crippen LogP contribution in [0.5, 0.6) is 5.75 Å². The van der Waals surface area contributed by atoms with Crippen LogP contribution in [0.25, 0.3) is 0 Å². The van der Waals surface area contributed by atoms with Crippen molar-refractivity contribution in [3.63, 3.8) is 0 Å². The molecule has 126 valence electrons. The van der Waals surface area contributed by atoms with Crippen molar-refractivity contribution >= 4 is 29.1 Å². The lowest BCUT2D eigenvalue weighted by atomic mass is 9.86. The van der Waals surface area contributed by atoms with E-state index in [4.69, 9.17) is 23.2 Å². The lowest BCUT2D eigenvalue weighted by molar-refractivity contribution is -0.135. The fourth-order valence-corrected chi connectivity index (χ4v) is 4.55. The molecule has 1 aromatic heterocycles. The van der Waals surface area contributed by atoms with Crippen molar-refractivity contribution in [2.45, 2.75) is 37.1 Å². The molecule has 3 heterocycles. The summed E-state index contributed by atoms with van der Waals surface area (Å²) in [5, 5.41) is 18.0. The molecule has 0 saturated carbocycles. The number of rotatable bonds is 2. The third kappa shape index (κ3) is 2.56. The maximum atomic E-state index is 12.6. The second-order valence-electron chi connectivity index (χ2n) is 6.58. The van der Waals surface area contributed by atoms with E-state index < -0.39 is 0 Å². The first kappa shape index (κ1) is 15.8. The second-order valence-corrected chi connectivity index (χ2v) is 7.36. The number of H-pyrrole nitrogens is 1. The zero-order chi connectivity index (χ0) is 16.8. The molecular formula is C17H17Cl2N3O2. The van der Waals surface area contributed by atoms with Gasteiger partial charge in [0.1, 0.15) is 5.75 Å². The third-order valence-corrected chi connectivity index (χ3v) is 6.01. The average molecular weight is 366 g/mol. The summed E-state index contributed by atoms with van der Waals surface area (Å²) in [6.07, 6.45) is 3.88. The summed E-state index contributed by atoms with van der Waals surface area (Å²) >= 11 is 12.4. The van der Waals surface area contributed by atoms with Crippen LogP contribution >= 0.6 is 23.2 Å². The number of nitrogens with one attached hydrogen (secondary N) is 1. The molecule has 0 radical (unpaired) electrons. The minimum atomic E-state index is 0.00525. The Morgan fingerprint density at radius 2 is 2.00 bits per heavy atom. The van der Waals surface area contributed by atoms with Crippen LogP contribution in [-0.2, 0) is 4.79 Å². The first-order valence-corrected chi connectivity index (χ1v) is 8.75. The Kier molecular flexibility index (Phi) is 3.93. The predicted molar refractivity (Wildman–Crippen MR) is 91.5 cm³/mol. The number of aromatic hydroxyl groups is 1. The van der Waals surface area contributed by atoms with E-state index in [2.05, 4.69) is 10.2 Å². The van der Waals surface area contributed by atoms with Gasteiger partial charge in [0.15, 0.2) is 0 Å². The number of nitrogens with zero attached hydrogens (tertiary/aromatic N) is 2. The molecule has 2 N–H and O–H groups in total. The summed E-state index contributed by atoms with van der Waals surface area (Å²) in [7, 11) is 0. The van der Waals surface area contributed by atoms with Crippen LogP contribution in [0.1, 0.15) is 42.4 Å². The van der Waals surface area contributed by atoms with Gasteiger partial charge in [-0.15, -0.1) is 0 Å². The summed E-state index contributed by atoms with van der Waals surface area (Å²) < 4.78 is 0. The fraction of sp³-hybridized carbons (Fsp3) is 0.412. The van der Waals surface area contributed by atoms with Gasteiger partial charge in [-0.2, -0.15) is 5.10 Å². The molecule has 2 fully saturated rings. The standard InChI is InChI=1S/C17H17Cl2N3O2/c18-12-1-2-14(23)16(17(12)19)10-6-11-5-9(13-3-4-20-21-13)7-15(24)22(11)8-10/h1-4,9-11,23H,5-8H2,(H,20,21)/t9?,10-,11+/m0/s1. The molecule has 3 atom stereocenters. The van der Waals surface area contributed by atoms with Crippen molar-refractivity contribution in [2.24, 2.45) is 0 Å². The molecule has 2 aliphatic rings. The van der Waals surface area contributed by atoms with Crippen LogP contribution in [-0.4, -0.2) is 38.7 Å². The highest BCUT2D eigenvalue weighted by molar-refractivity contribution is 6.42. The van der Waals surface area contributed by atoms with Gasteiger partial charge in [0.2, 0.25) is 5.91 Å². The van der Waals surface area contributed by atoms with Crippen molar-refractivity contribution in [1.29, 1.82) is 0 Å². The number of carbonyl (C=O) groups is 1. The van der Waals surface area contributed by atoms with E-state index >= 15 is 0 Å². The maximum Gasteiger partial charge on any atom is 0.223 e. The number of halogens is 2. The lowest BCUT2D eigenvalue weighted by Crippen LogP contribution is -2.41. The summed E-state index contributed by atoms with van der Waals surface area (Å²) in [6, 6.07) is 5.24. The van der Waals surface area contributed by atoms with Crippen LogP contribution in [0.2, 0.25) is 10.0 Å². The highest BCUT2D eigenvalue weighted by Crippen LogP contribution is 2.46. The topological polar surface area (TPSA) is 69.2 Å². The molecule has 4 rings (SSSR count). The average Bonchev–Trinajstić information content (AvgIpc) is 3.20. The van der Waals surface area contributed by atoms with E-state index in [1.807, 2.05) is 11.0 Å². The molecule has 2 aromatic rings. The van der Waals surface area contributed by atoms with Gasteiger partial charge in [0.25, 0.3) is 0 Å². The highest BCUT2D eigenvalue weighted by atomic mass is 35.5. The summed E-state index contributed by atoms with van der Waals surface area (Å²) in [4.78, 5) is 14.5. The number of piperidine rings is 1. The second kappa shape index (κ2) is 5.97. The molecule has 2 saturated heterocycles. The number of hydrogen-bond acceptors (Lipinski definition) is 3. The van der Waals surface area contributed by atoms with Gasteiger partial charge < -0.3 is 10.0 Å². The van der Waals surface area contributed by atoms with Gasteiger partial charge in [-0.3, -0.25) is 9.89 Å². The molecule has 0 spiro atoms. The Balaban J connectivity index is 1.60. The van der Waals surface area contributed by atoms with Crippen molar-refractivity contribution in [3.8, 4) is 5.75 Å². The van der Waals surface area contributed by atoms with E-state index in [-0.39, 0.29) is 29.5 Å². The zero-order valence-electron chi connectivity index (χ0n) is 12.9. The van der Waals surface area contributed by atoms with E-state index in [1.165, 1.54) is 0 Å². The van der Waals surface area contributed by atoms with E-state index in [9.17, 15) is 9.90 Å². The summed E-state index contributed by atoms with van der Waals surface area (Å²) in [5.74, 6) is 0.465. The molecule has 24 heavy (non-hydrogen) atoms. The molecular weight excluding hydrogens is 349 g/mol. The van der Waals surface area contributed by atoms with Crippen LogP contribution in [0.15, 0.2) is 24.4 Å². The number of carbonyl (C=O) groups excluding carboxylic acids is 1. The van der Waals surface area contributed by atoms with Gasteiger partial charge in [0, 0.05) is 48.3 Å². The Bertz CT molecular complexity index is 778. The maximum absolute atomic E-state index is 12.6. The van der Waals surface area contributed by atoms with Crippen molar-refractivity contribution in [3.05, 3.63) is 45.7 Å². The first-order valence-electron chi connectivity index (χ1n) is 8.00. The molecule has 1 unspecified atom stereocenters. The lowest BCUT2D eigenvalue weighted by Gasteiger charge is -2.34. The molecule has 2 aliphatic heterocycles. The number of phenolic OH excluding ortho intramolecular Hbond substituents is 1. The van der Waals surface area contributed by atoms with E-state index in [1.54, 1.807) is 18.3 Å². The Labute approximate surface area is 149 Å². The normalized spacial score (nSPS) is 26.7. The smallest absolute Gasteiger partial charge is 0.223 e. The fourth-order valence-electron chi connectivity index (χ4n) is 4.07. The number of fused-ring (bicyclic) bond motifs is 1. The van der Waals surface area contributed by atoms with E-state index in [0.717, 1.165) is 18.5 Å². The van der Waals surface area contributed by atoms with E-state index in [0.29, 0.717) is 28.6 Å². The van der Waals surface area contributed by atoms with Crippen molar-refractivity contribution in [2.75, 3.05) is 6.54 Å². The van der Waals surface area contributed by atoms with Gasteiger partial charge in [0.05, 0.1) is 10.0 Å². The summed E-state index contributed by atoms with van der Waals surface area (Å²) in [6.45, 7) is 0.576. The predicted octanol–water partition coefficient (Wildman–Crippen LogP) is 3.68. The van der Waals surface area contributed by atoms with Crippen LogP contribution in [0, 0.1) is 0 Å².